The highest BCUT2D eigenvalue weighted by Gasteiger charge is 2.18. The van der Waals surface area contributed by atoms with Gasteiger partial charge in [-0.05, 0) is 29.7 Å². The van der Waals surface area contributed by atoms with Crippen LogP contribution in [0.3, 0.4) is 0 Å². The fourth-order valence-corrected chi connectivity index (χ4v) is 2.41. The highest BCUT2D eigenvalue weighted by atomic mass is 16.1. The van der Waals surface area contributed by atoms with Crippen molar-refractivity contribution in [2.24, 2.45) is 5.73 Å². The number of hydrogen-bond acceptors (Lipinski definition) is 4. The van der Waals surface area contributed by atoms with Crippen molar-refractivity contribution >= 4 is 5.91 Å². The molecule has 1 aliphatic rings. The molecule has 6 nitrogen and oxygen atoms in total. The number of nitrogens with one attached hydrogen (secondary N) is 1. The van der Waals surface area contributed by atoms with E-state index in [0.717, 1.165) is 31.9 Å². The number of rotatable bonds is 3. The van der Waals surface area contributed by atoms with Crippen molar-refractivity contribution in [3.63, 3.8) is 0 Å². The van der Waals surface area contributed by atoms with Crippen LogP contribution in [0.1, 0.15) is 27.3 Å². The predicted octanol–water partition coefficient (Wildman–Crippen LogP) is 0.462. The summed E-state index contributed by atoms with van der Waals surface area (Å²) in [6.07, 6.45) is 2.51. The van der Waals surface area contributed by atoms with Gasteiger partial charge in [0.2, 0.25) is 5.91 Å². The van der Waals surface area contributed by atoms with Gasteiger partial charge in [-0.1, -0.05) is 6.07 Å². The van der Waals surface area contributed by atoms with Gasteiger partial charge in [0.15, 0.2) is 5.82 Å². The lowest BCUT2D eigenvalue weighted by Gasteiger charge is -2.27. The van der Waals surface area contributed by atoms with Gasteiger partial charge in [0.1, 0.15) is 6.33 Å². The number of amides is 1. The Hall–Kier alpha value is -2.21. The van der Waals surface area contributed by atoms with Crippen LogP contribution in [0.15, 0.2) is 24.5 Å². The summed E-state index contributed by atoms with van der Waals surface area (Å²) in [5, 5.41) is 6.78. The van der Waals surface area contributed by atoms with Crippen LogP contribution in [0.5, 0.6) is 0 Å². The van der Waals surface area contributed by atoms with E-state index in [0.29, 0.717) is 5.56 Å². The van der Waals surface area contributed by atoms with E-state index in [1.54, 1.807) is 12.4 Å². The number of nitrogens with zero attached hydrogens (tertiary/aromatic N) is 3. The predicted molar refractivity (Wildman–Crippen MR) is 69.2 cm³/mol. The van der Waals surface area contributed by atoms with Crippen LogP contribution in [0.25, 0.3) is 0 Å². The number of nitrogens with two attached hydrogens (primary N) is 1. The lowest BCUT2D eigenvalue weighted by molar-refractivity contribution is 0.1000. The van der Waals surface area contributed by atoms with E-state index >= 15 is 0 Å². The number of hydrogen-bond donors (Lipinski definition) is 2. The first-order chi connectivity index (χ1) is 9.22. The summed E-state index contributed by atoms with van der Waals surface area (Å²) in [5.41, 5.74) is 8.33. The molecule has 19 heavy (non-hydrogen) atoms. The molecule has 0 fully saturated rings. The Balaban J connectivity index is 1.75. The van der Waals surface area contributed by atoms with Crippen molar-refractivity contribution in [3.8, 4) is 0 Å². The summed E-state index contributed by atoms with van der Waals surface area (Å²) >= 11 is 0. The fourth-order valence-electron chi connectivity index (χ4n) is 2.41. The molecular formula is C13H15N5O. The maximum atomic E-state index is 11.2. The van der Waals surface area contributed by atoms with E-state index in [1.807, 2.05) is 12.1 Å². The Morgan fingerprint density at radius 1 is 1.42 bits per heavy atom. The average molecular weight is 257 g/mol. The number of benzene rings is 1. The van der Waals surface area contributed by atoms with Gasteiger partial charge in [0.25, 0.3) is 0 Å². The number of fused-ring (bicyclic) bond motifs is 1. The van der Waals surface area contributed by atoms with Gasteiger partial charge >= 0.3 is 0 Å². The van der Waals surface area contributed by atoms with E-state index in [4.69, 9.17) is 5.73 Å². The lowest BCUT2D eigenvalue weighted by Crippen LogP contribution is -2.30. The molecule has 2 aromatic rings. The SMILES string of the molecule is NC(=O)c1ccc2c(c1)CCN(Cc1nc[nH]n1)C2. The normalized spacial score (nSPS) is 15.2. The molecule has 0 radical (unpaired) electrons. The van der Waals surface area contributed by atoms with Crippen LogP contribution in [0.2, 0.25) is 0 Å². The second-order valence-electron chi connectivity index (χ2n) is 4.72. The maximum Gasteiger partial charge on any atom is 0.248 e. The maximum absolute atomic E-state index is 11.2. The minimum absolute atomic E-state index is 0.369. The molecule has 0 aliphatic carbocycles. The van der Waals surface area contributed by atoms with Crippen LogP contribution >= 0.6 is 0 Å². The summed E-state index contributed by atoms with van der Waals surface area (Å²) in [5.74, 6) is 0.433. The number of aromatic nitrogens is 3. The fraction of sp³-hybridized carbons (Fsp3) is 0.308. The topological polar surface area (TPSA) is 87.9 Å². The first kappa shape index (κ1) is 11.9. The third kappa shape index (κ3) is 2.48. The van der Waals surface area contributed by atoms with Crippen molar-refractivity contribution < 1.29 is 4.79 Å². The van der Waals surface area contributed by atoms with Crippen LogP contribution in [0, 0.1) is 0 Å². The van der Waals surface area contributed by atoms with E-state index in [9.17, 15) is 4.79 Å². The highest BCUT2D eigenvalue weighted by Crippen LogP contribution is 2.21. The molecule has 1 aliphatic heterocycles. The van der Waals surface area contributed by atoms with Crippen LogP contribution < -0.4 is 5.73 Å². The zero-order valence-corrected chi connectivity index (χ0v) is 10.5. The zero-order valence-electron chi connectivity index (χ0n) is 10.5. The highest BCUT2D eigenvalue weighted by molar-refractivity contribution is 5.93. The summed E-state index contributed by atoms with van der Waals surface area (Å²) in [6, 6.07) is 5.68. The Morgan fingerprint density at radius 3 is 3.05 bits per heavy atom. The van der Waals surface area contributed by atoms with Crippen LogP contribution in [0.4, 0.5) is 0 Å². The molecule has 0 unspecified atom stereocenters. The second-order valence-corrected chi connectivity index (χ2v) is 4.72. The lowest BCUT2D eigenvalue weighted by atomic mass is 9.97. The Bertz CT molecular complexity index is 593. The van der Waals surface area contributed by atoms with Gasteiger partial charge < -0.3 is 5.73 Å². The Kier molecular flexibility index (Phi) is 3.00. The quantitative estimate of drug-likeness (QED) is 0.836. The van der Waals surface area contributed by atoms with Crippen LogP contribution in [-0.2, 0) is 19.5 Å². The number of primary amides is 1. The summed E-state index contributed by atoms with van der Waals surface area (Å²) in [4.78, 5) is 17.6. The van der Waals surface area contributed by atoms with Crippen molar-refractivity contribution in [3.05, 3.63) is 47.0 Å². The first-order valence-electron chi connectivity index (χ1n) is 6.21. The minimum Gasteiger partial charge on any atom is -0.366 e. The molecule has 0 saturated carbocycles. The monoisotopic (exact) mass is 257 g/mol. The first-order valence-corrected chi connectivity index (χ1v) is 6.21. The molecular weight excluding hydrogens is 242 g/mol. The van der Waals surface area contributed by atoms with E-state index < -0.39 is 0 Å². The zero-order chi connectivity index (χ0) is 13.2. The van der Waals surface area contributed by atoms with E-state index in [-0.39, 0.29) is 5.91 Å². The molecule has 3 rings (SSSR count). The molecule has 0 saturated heterocycles. The van der Waals surface area contributed by atoms with Crippen molar-refractivity contribution in [1.29, 1.82) is 0 Å². The molecule has 6 heteroatoms. The number of aromatic amines is 1. The molecule has 1 aromatic heterocycles. The van der Waals surface area contributed by atoms with Crippen molar-refractivity contribution in [2.45, 2.75) is 19.5 Å². The van der Waals surface area contributed by atoms with E-state index in [1.165, 1.54) is 11.1 Å². The third-order valence-electron chi connectivity index (χ3n) is 3.41. The molecule has 0 atom stereocenters. The van der Waals surface area contributed by atoms with Gasteiger partial charge in [0, 0.05) is 18.7 Å². The Labute approximate surface area is 110 Å². The minimum atomic E-state index is -0.369. The van der Waals surface area contributed by atoms with Gasteiger partial charge in [-0.2, -0.15) is 5.10 Å². The van der Waals surface area contributed by atoms with Crippen molar-refractivity contribution in [2.75, 3.05) is 6.54 Å². The molecule has 3 N–H and O–H groups in total. The van der Waals surface area contributed by atoms with Crippen molar-refractivity contribution in [1.82, 2.24) is 20.1 Å². The summed E-state index contributed by atoms with van der Waals surface area (Å²) in [7, 11) is 0. The molecule has 2 heterocycles. The van der Waals surface area contributed by atoms with Gasteiger partial charge in [0.05, 0.1) is 6.54 Å². The molecule has 1 amide bonds. The molecule has 98 valence electrons. The smallest absolute Gasteiger partial charge is 0.248 e. The standard InChI is InChI=1S/C13H15N5O/c14-13(19)10-1-2-11-6-18(4-3-9(11)5-10)7-12-15-8-16-17-12/h1-2,5,8H,3-4,6-7H2,(H2,14,19)(H,15,16,17). The average Bonchev–Trinajstić information content (AvgIpc) is 2.91. The van der Waals surface area contributed by atoms with Gasteiger partial charge in [-0.25, -0.2) is 4.98 Å². The molecule has 0 spiro atoms. The molecule has 1 aromatic carbocycles. The summed E-state index contributed by atoms with van der Waals surface area (Å²) < 4.78 is 0. The van der Waals surface area contributed by atoms with E-state index in [2.05, 4.69) is 20.1 Å². The number of carbonyl (C=O) groups excluding carboxylic acids is 1. The largest absolute Gasteiger partial charge is 0.366 e. The molecule has 0 bridgehead atoms. The Morgan fingerprint density at radius 2 is 2.32 bits per heavy atom. The van der Waals surface area contributed by atoms with Gasteiger partial charge in [-0.15, -0.1) is 0 Å². The second kappa shape index (κ2) is 4.81. The number of H-pyrrole nitrogens is 1. The van der Waals surface area contributed by atoms with Gasteiger partial charge in [-0.3, -0.25) is 14.8 Å². The number of carbonyl (C=O) groups is 1. The third-order valence-corrected chi connectivity index (χ3v) is 3.41. The summed E-state index contributed by atoms with van der Waals surface area (Å²) in [6.45, 7) is 2.52. The van der Waals surface area contributed by atoms with Crippen LogP contribution in [-0.4, -0.2) is 32.5 Å².